The fourth-order valence-corrected chi connectivity index (χ4v) is 1.51. The van der Waals surface area contributed by atoms with Crippen LogP contribution in [0, 0.1) is 0 Å². The quantitative estimate of drug-likeness (QED) is 0.900. The lowest BCUT2D eigenvalue weighted by molar-refractivity contribution is -0.137. The Labute approximate surface area is 120 Å². The summed E-state index contributed by atoms with van der Waals surface area (Å²) >= 11 is 0. The van der Waals surface area contributed by atoms with Crippen molar-refractivity contribution < 1.29 is 22.7 Å². The SMILES string of the molecule is CNc1ncc(C(F)(F)F)cc1CNC(=O)OC(C)(C)C. The molecule has 0 radical (unpaired) electrons. The Morgan fingerprint density at radius 1 is 1.33 bits per heavy atom. The van der Waals surface area contributed by atoms with Crippen LogP contribution in [0.25, 0.3) is 0 Å². The maximum absolute atomic E-state index is 12.7. The summed E-state index contributed by atoms with van der Waals surface area (Å²) in [6, 6.07) is 0.941. The largest absolute Gasteiger partial charge is 0.444 e. The third kappa shape index (κ3) is 5.49. The van der Waals surface area contributed by atoms with E-state index in [4.69, 9.17) is 4.74 Å². The van der Waals surface area contributed by atoms with Crippen molar-refractivity contribution in [1.82, 2.24) is 10.3 Å². The normalized spacial score (nSPS) is 12.0. The highest BCUT2D eigenvalue weighted by atomic mass is 19.4. The zero-order valence-corrected chi connectivity index (χ0v) is 12.3. The molecule has 0 aliphatic carbocycles. The number of alkyl carbamates (subject to hydrolysis) is 1. The number of pyridine rings is 1. The van der Waals surface area contributed by atoms with E-state index < -0.39 is 23.4 Å². The average molecular weight is 305 g/mol. The predicted molar refractivity (Wildman–Crippen MR) is 71.9 cm³/mol. The Morgan fingerprint density at radius 3 is 2.43 bits per heavy atom. The summed E-state index contributed by atoms with van der Waals surface area (Å²) < 4.78 is 43.0. The third-order valence-electron chi connectivity index (χ3n) is 2.35. The number of rotatable bonds is 3. The highest BCUT2D eigenvalue weighted by Gasteiger charge is 2.31. The van der Waals surface area contributed by atoms with E-state index in [1.807, 2.05) is 0 Å². The van der Waals surface area contributed by atoms with Gasteiger partial charge in [0.2, 0.25) is 0 Å². The second kappa shape index (κ2) is 6.19. The lowest BCUT2D eigenvalue weighted by Gasteiger charge is -2.20. The van der Waals surface area contributed by atoms with E-state index in [2.05, 4.69) is 15.6 Å². The zero-order chi connectivity index (χ0) is 16.3. The van der Waals surface area contributed by atoms with Crippen LogP contribution in [-0.2, 0) is 17.5 Å². The Bertz CT molecular complexity index is 510. The molecule has 0 fully saturated rings. The van der Waals surface area contributed by atoms with Gasteiger partial charge in [0, 0.05) is 25.4 Å². The summed E-state index contributed by atoms with van der Waals surface area (Å²) in [5.74, 6) is 0.263. The summed E-state index contributed by atoms with van der Waals surface area (Å²) in [6.07, 6.45) is -4.45. The number of carbonyl (C=O) groups excluding carboxylic acids is 1. The minimum Gasteiger partial charge on any atom is -0.444 e. The van der Waals surface area contributed by atoms with Gasteiger partial charge in [-0.05, 0) is 26.8 Å². The van der Waals surface area contributed by atoms with Crippen LogP contribution in [0.1, 0.15) is 31.9 Å². The van der Waals surface area contributed by atoms with Crippen molar-refractivity contribution in [3.63, 3.8) is 0 Å². The Morgan fingerprint density at radius 2 is 1.95 bits per heavy atom. The van der Waals surface area contributed by atoms with E-state index in [-0.39, 0.29) is 17.9 Å². The number of carbonyl (C=O) groups is 1. The average Bonchev–Trinajstić information content (AvgIpc) is 2.32. The van der Waals surface area contributed by atoms with Gasteiger partial charge in [0.25, 0.3) is 0 Å². The van der Waals surface area contributed by atoms with E-state index in [0.29, 0.717) is 0 Å². The summed E-state index contributed by atoms with van der Waals surface area (Å²) in [4.78, 5) is 15.2. The molecule has 5 nitrogen and oxygen atoms in total. The fraction of sp³-hybridized carbons (Fsp3) is 0.538. The molecule has 21 heavy (non-hydrogen) atoms. The van der Waals surface area contributed by atoms with Gasteiger partial charge in [-0.3, -0.25) is 0 Å². The van der Waals surface area contributed by atoms with E-state index in [1.165, 1.54) is 7.05 Å². The third-order valence-corrected chi connectivity index (χ3v) is 2.35. The number of nitrogens with one attached hydrogen (secondary N) is 2. The second-order valence-corrected chi connectivity index (χ2v) is 5.33. The monoisotopic (exact) mass is 305 g/mol. The van der Waals surface area contributed by atoms with E-state index in [0.717, 1.165) is 12.3 Å². The number of alkyl halides is 3. The number of anilines is 1. The molecule has 1 aromatic rings. The molecule has 0 aliphatic heterocycles. The molecule has 0 spiro atoms. The molecule has 1 heterocycles. The molecular weight excluding hydrogens is 287 g/mol. The Balaban J connectivity index is 2.84. The van der Waals surface area contributed by atoms with E-state index in [9.17, 15) is 18.0 Å². The Kier molecular flexibility index (Phi) is 5.03. The maximum atomic E-state index is 12.7. The second-order valence-electron chi connectivity index (χ2n) is 5.33. The van der Waals surface area contributed by atoms with Gasteiger partial charge in [0.1, 0.15) is 11.4 Å². The first-order chi connectivity index (χ1) is 9.53. The lowest BCUT2D eigenvalue weighted by atomic mass is 10.1. The molecule has 1 amide bonds. The van der Waals surface area contributed by atoms with Gasteiger partial charge >= 0.3 is 12.3 Å². The van der Waals surface area contributed by atoms with Gasteiger partial charge in [0.15, 0.2) is 0 Å². The number of hydrogen-bond donors (Lipinski definition) is 2. The van der Waals surface area contributed by atoms with Gasteiger partial charge in [0.05, 0.1) is 5.56 Å². The van der Waals surface area contributed by atoms with Crippen LogP contribution in [0.3, 0.4) is 0 Å². The van der Waals surface area contributed by atoms with Crippen molar-refractivity contribution in [3.05, 3.63) is 23.4 Å². The van der Waals surface area contributed by atoms with Crippen molar-refractivity contribution in [2.24, 2.45) is 0 Å². The number of halogens is 3. The molecule has 118 valence electrons. The first-order valence-corrected chi connectivity index (χ1v) is 6.23. The van der Waals surface area contributed by atoms with E-state index in [1.54, 1.807) is 20.8 Å². The van der Waals surface area contributed by atoms with Gasteiger partial charge in [-0.1, -0.05) is 0 Å². The highest BCUT2D eigenvalue weighted by Crippen LogP contribution is 2.30. The standard InChI is InChI=1S/C13H18F3N3O2/c1-12(2,3)21-11(20)19-6-8-5-9(13(14,15)16)7-18-10(8)17-4/h5,7H,6H2,1-4H3,(H,17,18)(H,19,20). The topological polar surface area (TPSA) is 63.2 Å². The smallest absolute Gasteiger partial charge is 0.417 e. The maximum Gasteiger partial charge on any atom is 0.417 e. The van der Waals surface area contributed by atoms with Crippen LogP contribution in [0.4, 0.5) is 23.8 Å². The highest BCUT2D eigenvalue weighted by molar-refractivity contribution is 5.68. The van der Waals surface area contributed by atoms with Crippen molar-refractivity contribution in [2.75, 3.05) is 12.4 Å². The van der Waals surface area contributed by atoms with Gasteiger partial charge in [-0.2, -0.15) is 13.2 Å². The molecule has 8 heteroatoms. The molecular formula is C13H18F3N3O2. The lowest BCUT2D eigenvalue weighted by Crippen LogP contribution is -2.32. The summed E-state index contributed by atoms with van der Waals surface area (Å²) in [7, 11) is 1.53. The number of nitrogens with zero attached hydrogens (tertiary/aromatic N) is 1. The first kappa shape index (κ1) is 17.1. The molecule has 1 aromatic heterocycles. The predicted octanol–water partition coefficient (Wildman–Crippen LogP) is 3.17. The minimum absolute atomic E-state index is 0.123. The van der Waals surface area contributed by atoms with Crippen LogP contribution in [0.5, 0.6) is 0 Å². The molecule has 0 aliphatic rings. The van der Waals surface area contributed by atoms with Crippen LogP contribution >= 0.6 is 0 Å². The van der Waals surface area contributed by atoms with Crippen LogP contribution < -0.4 is 10.6 Å². The Hall–Kier alpha value is -1.99. The summed E-state index contributed by atoms with van der Waals surface area (Å²) in [5, 5.41) is 5.08. The summed E-state index contributed by atoms with van der Waals surface area (Å²) in [6.45, 7) is 4.95. The number of ether oxygens (including phenoxy) is 1. The summed E-state index contributed by atoms with van der Waals surface area (Å²) in [5.41, 5.74) is -1.33. The van der Waals surface area contributed by atoms with Crippen LogP contribution in [0.2, 0.25) is 0 Å². The zero-order valence-electron chi connectivity index (χ0n) is 12.3. The minimum atomic E-state index is -4.49. The molecule has 0 saturated carbocycles. The van der Waals surface area contributed by atoms with Gasteiger partial charge in [-0.15, -0.1) is 0 Å². The van der Waals surface area contributed by atoms with Gasteiger partial charge in [-0.25, -0.2) is 9.78 Å². The number of hydrogen-bond acceptors (Lipinski definition) is 4. The van der Waals surface area contributed by atoms with Crippen LogP contribution in [0.15, 0.2) is 12.3 Å². The van der Waals surface area contributed by atoms with Crippen LogP contribution in [-0.4, -0.2) is 23.7 Å². The van der Waals surface area contributed by atoms with Crippen molar-refractivity contribution in [3.8, 4) is 0 Å². The molecule has 0 unspecified atom stereocenters. The van der Waals surface area contributed by atoms with E-state index >= 15 is 0 Å². The number of aromatic nitrogens is 1. The van der Waals surface area contributed by atoms with Crippen molar-refractivity contribution >= 4 is 11.9 Å². The van der Waals surface area contributed by atoms with Crippen molar-refractivity contribution in [1.29, 1.82) is 0 Å². The molecule has 1 rings (SSSR count). The molecule has 0 atom stereocenters. The first-order valence-electron chi connectivity index (χ1n) is 6.23. The molecule has 2 N–H and O–H groups in total. The fourth-order valence-electron chi connectivity index (χ4n) is 1.51. The number of amides is 1. The van der Waals surface area contributed by atoms with Crippen molar-refractivity contribution in [2.45, 2.75) is 39.1 Å². The molecule has 0 bridgehead atoms. The van der Waals surface area contributed by atoms with Gasteiger partial charge < -0.3 is 15.4 Å². The molecule has 0 saturated heterocycles. The molecule has 0 aromatic carbocycles.